The smallest absolute Gasteiger partial charge is 0.282 e. The fourth-order valence-electron chi connectivity index (χ4n) is 4.00. The molecule has 9 heteroatoms. The van der Waals surface area contributed by atoms with Crippen LogP contribution in [-0.2, 0) is 24.5 Å². The molecule has 156 valence electrons. The molecule has 3 saturated heterocycles. The molecule has 3 fully saturated rings. The van der Waals surface area contributed by atoms with Gasteiger partial charge in [0.2, 0.25) is 5.91 Å². The second-order valence-corrected chi connectivity index (χ2v) is 10.1. The quantitative estimate of drug-likeness (QED) is 0.713. The first kappa shape index (κ1) is 21.0. The molecule has 1 N–H and O–H groups in total. The topological polar surface area (TPSA) is 88.2 Å². The van der Waals surface area contributed by atoms with Crippen LogP contribution in [0.1, 0.15) is 46.0 Å². The third-order valence-electron chi connectivity index (χ3n) is 5.73. The molecule has 0 bridgehead atoms. The highest BCUT2D eigenvalue weighted by atomic mass is 32.2. The number of nitrogens with zero attached hydrogens (tertiary/aromatic N) is 2. The van der Waals surface area contributed by atoms with Gasteiger partial charge in [-0.25, -0.2) is 0 Å². The first-order chi connectivity index (χ1) is 12.8. The lowest BCUT2D eigenvalue weighted by Crippen LogP contribution is -2.54. The average molecular weight is 404 g/mol. The molecule has 0 radical (unpaired) electrons. The van der Waals surface area contributed by atoms with Gasteiger partial charge in [-0.15, -0.1) is 0 Å². The van der Waals surface area contributed by atoms with Gasteiger partial charge < -0.3 is 14.8 Å². The highest BCUT2D eigenvalue weighted by Crippen LogP contribution is 2.33. The summed E-state index contributed by atoms with van der Waals surface area (Å²) in [5.41, 5.74) is 0. The molecule has 1 amide bonds. The maximum absolute atomic E-state index is 13.1. The summed E-state index contributed by atoms with van der Waals surface area (Å²) in [7, 11) is -3.56. The molecule has 3 heterocycles. The van der Waals surface area contributed by atoms with Gasteiger partial charge in [0, 0.05) is 45.6 Å². The van der Waals surface area contributed by atoms with Gasteiger partial charge in [0.1, 0.15) is 0 Å². The van der Waals surface area contributed by atoms with Crippen LogP contribution in [0.5, 0.6) is 0 Å². The normalized spacial score (nSPS) is 27.3. The summed E-state index contributed by atoms with van der Waals surface area (Å²) in [5, 5.41) is 2.96. The van der Waals surface area contributed by atoms with E-state index in [1.807, 2.05) is 0 Å². The van der Waals surface area contributed by atoms with Gasteiger partial charge in [-0.2, -0.15) is 17.0 Å². The molecule has 0 aromatic rings. The first-order valence-electron chi connectivity index (χ1n) is 10.1. The number of carbonyl (C=O) groups excluding carboxylic acids is 1. The number of ether oxygens (including phenoxy) is 2. The predicted molar refractivity (Wildman–Crippen MR) is 101 cm³/mol. The zero-order valence-corrected chi connectivity index (χ0v) is 17.3. The van der Waals surface area contributed by atoms with E-state index in [2.05, 4.69) is 19.2 Å². The van der Waals surface area contributed by atoms with Gasteiger partial charge in [0.15, 0.2) is 5.79 Å². The van der Waals surface area contributed by atoms with Crippen LogP contribution in [0.2, 0.25) is 0 Å². The van der Waals surface area contributed by atoms with Crippen molar-refractivity contribution >= 4 is 16.1 Å². The lowest BCUT2D eigenvalue weighted by molar-refractivity contribution is -0.179. The maximum Gasteiger partial charge on any atom is 0.282 e. The van der Waals surface area contributed by atoms with E-state index >= 15 is 0 Å². The molecule has 0 aromatic heterocycles. The Morgan fingerprint density at radius 1 is 1.15 bits per heavy atom. The molecule has 27 heavy (non-hydrogen) atoms. The molecule has 0 saturated carbocycles. The number of piperidine rings is 2. The van der Waals surface area contributed by atoms with Crippen molar-refractivity contribution in [1.29, 1.82) is 0 Å². The largest absolute Gasteiger partial charge is 0.356 e. The Kier molecular flexibility index (Phi) is 6.79. The van der Waals surface area contributed by atoms with E-state index < -0.39 is 16.0 Å². The van der Waals surface area contributed by atoms with Crippen molar-refractivity contribution in [3.63, 3.8) is 0 Å². The van der Waals surface area contributed by atoms with E-state index in [-0.39, 0.29) is 18.4 Å². The molecule has 3 aliphatic heterocycles. The summed E-state index contributed by atoms with van der Waals surface area (Å²) in [6.45, 7) is 7.56. The van der Waals surface area contributed by atoms with Gasteiger partial charge >= 0.3 is 0 Å². The minimum absolute atomic E-state index is 0.0269. The minimum Gasteiger partial charge on any atom is -0.356 e. The van der Waals surface area contributed by atoms with Gasteiger partial charge in [-0.3, -0.25) is 4.79 Å². The summed E-state index contributed by atoms with van der Waals surface area (Å²) in [4.78, 5) is 12.4. The van der Waals surface area contributed by atoms with Crippen molar-refractivity contribution < 1.29 is 22.7 Å². The molecular formula is C18H33N3O5S. The molecule has 0 aromatic carbocycles. The van der Waals surface area contributed by atoms with Crippen molar-refractivity contribution in [3.05, 3.63) is 0 Å². The Balaban J connectivity index is 1.54. The van der Waals surface area contributed by atoms with Crippen molar-refractivity contribution in [2.45, 2.75) is 51.7 Å². The van der Waals surface area contributed by atoms with Gasteiger partial charge in [0.05, 0.1) is 19.1 Å². The van der Waals surface area contributed by atoms with E-state index in [9.17, 15) is 13.2 Å². The summed E-state index contributed by atoms with van der Waals surface area (Å²) in [6, 6.07) is 0. The Morgan fingerprint density at radius 2 is 1.81 bits per heavy atom. The highest BCUT2D eigenvalue weighted by molar-refractivity contribution is 7.86. The molecule has 3 rings (SSSR count). The molecule has 8 nitrogen and oxygen atoms in total. The Bertz CT molecular complexity index is 608. The standard InChI is InChI=1S/C18H33N3O5S/c1-15(2)5-8-19-17(22)16-4-3-9-21(14-16)27(23,24)20-10-6-18(7-11-20)25-12-13-26-18/h15-16H,3-14H2,1-2H3,(H,19,22). The number of nitrogens with one attached hydrogen (secondary N) is 1. The molecule has 1 atom stereocenters. The van der Waals surface area contributed by atoms with Crippen LogP contribution in [0.4, 0.5) is 0 Å². The molecule has 1 unspecified atom stereocenters. The third kappa shape index (κ3) is 5.00. The van der Waals surface area contributed by atoms with Crippen molar-refractivity contribution in [2.24, 2.45) is 11.8 Å². The average Bonchev–Trinajstić information content (AvgIpc) is 3.09. The van der Waals surface area contributed by atoms with Crippen LogP contribution in [0.15, 0.2) is 0 Å². The first-order valence-corrected chi connectivity index (χ1v) is 11.5. The number of carbonyl (C=O) groups is 1. The van der Waals surface area contributed by atoms with Crippen LogP contribution in [0.25, 0.3) is 0 Å². The fraction of sp³-hybridized carbons (Fsp3) is 0.944. The monoisotopic (exact) mass is 403 g/mol. The molecule has 3 aliphatic rings. The fourth-order valence-corrected chi connectivity index (χ4v) is 5.70. The van der Waals surface area contributed by atoms with E-state index in [0.29, 0.717) is 64.6 Å². The summed E-state index contributed by atoms with van der Waals surface area (Å²) >= 11 is 0. The lowest BCUT2D eigenvalue weighted by Gasteiger charge is -2.40. The summed E-state index contributed by atoms with van der Waals surface area (Å²) < 4.78 is 40.5. The zero-order valence-electron chi connectivity index (χ0n) is 16.5. The van der Waals surface area contributed by atoms with Crippen LogP contribution in [0.3, 0.4) is 0 Å². The van der Waals surface area contributed by atoms with Crippen LogP contribution >= 0.6 is 0 Å². The molecule has 0 aliphatic carbocycles. The second-order valence-electron chi connectivity index (χ2n) is 8.19. The van der Waals surface area contributed by atoms with Crippen molar-refractivity contribution in [1.82, 2.24) is 13.9 Å². The third-order valence-corrected chi connectivity index (χ3v) is 7.73. The van der Waals surface area contributed by atoms with Crippen LogP contribution < -0.4 is 5.32 Å². The summed E-state index contributed by atoms with van der Waals surface area (Å²) in [5.74, 6) is -0.352. The van der Waals surface area contributed by atoms with Crippen molar-refractivity contribution in [2.75, 3.05) is 45.9 Å². The lowest BCUT2D eigenvalue weighted by atomic mass is 9.98. The SMILES string of the molecule is CC(C)CCNC(=O)C1CCCN(S(=O)(=O)N2CCC3(CC2)OCCO3)C1. The van der Waals surface area contributed by atoms with E-state index in [0.717, 1.165) is 12.8 Å². The van der Waals surface area contributed by atoms with E-state index in [1.54, 1.807) is 0 Å². The van der Waals surface area contributed by atoms with Crippen LogP contribution in [0, 0.1) is 11.8 Å². The zero-order chi connectivity index (χ0) is 19.5. The number of hydrogen-bond acceptors (Lipinski definition) is 5. The van der Waals surface area contributed by atoms with Gasteiger partial charge in [-0.05, 0) is 25.2 Å². The van der Waals surface area contributed by atoms with Gasteiger partial charge in [0.25, 0.3) is 10.2 Å². The van der Waals surface area contributed by atoms with E-state index in [4.69, 9.17) is 9.47 Å². The molecular weight excluding hydrogens is 370 g/mol. The van der Waals surface area contributed by atoms with Gasteiger partial charge in [-0.1, -0.05) is 13.8 Å². The predicted octanol–water partition coefficient (Wildman–Crippen LogP) is 0.944. The van der Waals surface area contributed by atoms with Crippen LogP contribution in [-0.4, -0.2) is 74.7 Å². The van der Waals surface area contributed by atoms with E-state index in [1.165, 1.54) is 8.61 Å². The Labute approximate surface area is 162 Å². The maximum atomic E-state index is 13.1. The second kappa shape index (κ2) is 8.73. The Morgan fingerprint density at radius 3 is 2.44 bits per heavy atom. The Hall–Kier alpha value is -0.740. The number of hydrogen-bond donors (Lipinski definition) is 1. The highest BCUT2D eigenvalue weighted by Gasteiger charge is 2.44. The summed E-state index contributed by atoms with van der Waals surface area (Å²) in [6.07, 6.45) is 3.49. The van der Waals surface area contributed by atoms with Crippen molar-refractivity contribution in [3.8, 4) is 0 Å². The number of amides is 1. The molecule has 1 spiro atoms. The number of rotatable bonds is 6. The minimum atomic E-state index is -3.56.